The molecule has 0 amide bonds. The summed E-state index contributed by atoms with van der Waals surface area (Å²) in [5, 5.41) is 0. The molecule has 3 aliphatic rings. The van der Waals surface area contributed by atoms with E-state index in [0.29, 0.717) is 46.9 Å². The molecule has 0 saturated heterocycles. The smallest absolute Gasteiger partial charge is 0.339 e. The van der Waals surface area contributed by atoms with Gasteiger partial charge in [0.25, 0.3) is 0 Å². The van der Waals surface area contributed by atoms with E-state index in [4.69, 9.17) is 8.92 Å². The van der Waals surface area contributed by atoms with Crippen molar-refractivity contribution in [3.8, 4) is 11.5 Å². The van der Waals surface area contributed by atoms with Crippen LogP contribution in [0, 0.1) is 10.8 Å². The Morgan fingerprint density at radius 1 is 0.902 bits per heavy atom. The van der Waals surface area contributed by atoms with E-state index in [1.807, 2.05) is 7.05 Å². The van der Waals surface area contributed by atoms with E-state index in [1.54, 1.807) is 37.3 Å². The number of hydrogen-bond acceptors (Lipinski definition) is 7. The maximum Gasteiger partial charge on any atom is 0.339 e. The summed E-state index contributed by atoms with van der Waals surface area (Å²) in [6, 6.07) is 11.4. The first-order chi connectivity index (χ1) is 19.1. The molecule has 0 N–H and O–H groups in total. The molecule has 5 rings (SSSR count). The summed E-state index contributed by atoms with van der Waals surface area (Å²) in [4.78, 5) is 29.7. The number of rotatable bonds is 6. The van der Waals surface area contributed by atoms with Gasteiger partial charge in [0.15, 0.2) is 23.1 Å². The predicted molar refractivity (Wildman–Crippen MR) is 160 cm³/mol. The van der Waals surface area contributed by atoms with Crippen molar-refractivity contribution in [1.29, 1.82) is 0 Å². The molecule has 0 unspecified atom stereocenters. The third-order valence-electron chi connectivity index (χ3n) is 8.07. The number of benzene rings is 2. The average Bonchev–Trinajstić information content (AvgIpc) is 2.86. The Morgan fingerprint density at radius 3 is 1.95 bits per heavy atom. The lowest BCUT2D eigenvalue weighted by Crippen LogP contribution is -2.43. The van der Waals surface area contributed by atoms with Gasteiger partial charge >= 0.3 is 10.1 Å². The van der Waals surface area contributed by atoms with Crippen LogP contribution in [0.4, 0.5) is 0 Å². The number of nitrogens with zero attached hydrogens (tertiary/aromatic N) is 1. The van der Waals surface area contributed by atoms with Crippen LogP contribution < -0.4 is 8.92 Å². The van der Waals surface area contributed by atoms with E-state index >= 15 is 0 Å². The number of ether oxygens (including phenoxy) is 1. The highest BCUT2D eigenvalue weighted by molar-refractivity contribution is 9.10. The molecule has 0 bridgehead atoms. The van der Waals surface area contributed by atoms with Crippen molar-refractivity contribution in [2.75, 3.05) is 13.7 Å². The second-order valence-corrected chi connectivity index (χ2v) is 15.1. The molecule has 0 aromatic heterocycles. The zero-order valence-electron chi connectivity index (χ0n) is 24.3. The fourth-order valence-corrected chi connectivity index (χ4v) is 7.97. The number of carbonyl (C=O) groups excluding carboxylic acids is 2. The van der Waals surface area contributed by atoms with Crippen LogP contribution in [0.25, 0.3) is 0 Å². The van der Waals surface area contributed by atoms with Crippen LogP contribution >= 0.6 is 15.9 Å². The summed E-state index contributed by atoms with van der Waals surface area (Å²) in [7, 11) is -2.18. The van der Waals surface area contributed by atoms with Crippen LogP contribution in [0.3, 0.4) is 0 Å². The second kappa shape index (κ2) is 10.4. The first kappa shape index (κ1) is 29.6. The van der Waals surface area contributed by atoms with Gasteiger partial charge in [-0.3, -0.25) is 9.59 Å². The molecule has 1 aliphatic heterocycles. The first-order valence-electron chi connectivity index (χ1n) is 13.9. The van der Waals surface area contributed by atoms with Crippen LogP contribution in [0.2, 0.25) is 0 Å². The molecule has 0 radical (unpaired) electrons. The van der Waals surface area contributed by atoms with E-state index < -0.39 is 16.0 Å². The van der Waals surface area contributed by atoms with Gasteiger partial charge in [0.05, 0.1) is 11.1 Å². The van der Waals surface area contributed by atoms with E-state index in [0.717, 1.165) is 11.4 Å². The highest BCUT2D eigenvalue weighted by atomic mass is 79.9. The summed E-state index contributed by atoms with van der Waals surface area (Å²) in [5.74, 6) is -0.301. The number of ketones is 2. The van der Waals surface area contributed by atoms with Gasteiger partial charge in [-0.2, -0.15) is 8.42 Å². The van der Waals surface area contributed by atoms with Crippen molar-refractivity contribution in [2.24, 2.45) is 10.8 Å². The van der Waals surface area contributed by atoms with Crippen molar-refractivity contribution in [3.63, 3.8) is 0 Å². The Hall–Kier alpha value is -2.91. The zero-order chi connectivity index (χ0) is 29.9. The fraction of sp³-hybridized carbons (Fsp3) is 0.438. The van der Waals surface area contributed by atoms with Crippen molar-refractivity contribution < 1.29 is 26.9 Å². The molecule has 2 aliphatic carbocycles. The molecular formula is C32H36BrNO6S. The first-order valence-corrected chi connectivity index (χ1v) is 16.1. The lowest BCUT2D eigenvalue weighted by Gasteiger charge is -2.48. The van der Waals surface area contributed by atoms with Gasteiger partial charge in [0, 0.05) is 48.3 Å². The molecule has 2 aromatic carbocycles. The largest absolute Gasteiger partial charge is 0.490 e. The normalized spacial score (nSPS) is 20.6. The lowest BCUT2D eigenvalue weighted by atomic mass is 9.64. The van der Waals surface area contributed by atoms with Crippen molar-refractivity contribution in [3.05, 3.63) is 75.0 Å². The highest BCUT2D eigenvalue weighted by Gasteiger charge is 2.48. The molecule has 9 heteroatoms. The Bertz CT molecular complexity index is 1550. The second-order valence-electron chi connectivity index (χ2n) is 12.7. The van der Waals surface area contributed by atoms with E-state index in [2.05, 4.69) is 48.5 Å². The SMILES string of the molecule is CCOc1cc(C2C3=C(CC(C)(C)CC3=O)N(C)C3=C2C(=O)CC(C)(C)C3)cc(Br)c1OS(=O)(=O)c1ccccc1. The number of allylic oxidation sites excluding steroid dienone is 4. The molecule has 2 aromatic rings. The Morgan fingerprint density at radius 2 is 1.44 bits per heavy atom. The number of halogens is 1. The van der Waals surface area contributed by atoms with Gasteiger partial charge in [-0.25, -0.2) is 0 Å². The molecular weight excluding hydrogens is 606 g/mol. The van der Waals surface area contributed by atoms with E-state index in [1.165, 1.54) is 12.1 Å². The minimum Gasteiger partial charge on any atom is -0.490 e. The summed E-state index contributed by atoms with van der Waals surface area (Å²) in [6.45, 7) is 10.4. The van der Waals surface area contributed by atoms with Crippen molar-refractivity contribution in [1.82, 2.24) is 4.90 Å². The molecule has 0 fully saturated rings. The average molecular weight is 643 g/mol. The molecule has 0 spiro atoms. The van der Waals surface area contributed by atoms with Crippen molar-refractivity contribution >= 4 is 37.6 Å². The van der Waals surface area contributed by atoms with Gasteiger partial charge < -0.3 is 13.8 Å². The third-order valence-corrected chi connectivity index (χ3v) is 9.89. The molecule has 218 valence electrons. The maximum atomic E-state index is 13.8. The monoisotopic (exact) mass is 641 g/mol. The van der Waals surface area contributed by atoms with E-state index in [-0.39, 0.29) is 45.4 Å². The summed E-state index contributed by atoms with van der Waals surface area (Å²) < 4.78 is 38.1. The lowest BCUT2D eigenvalue weighted by molar-refractivity contribution is -0.119. The zero-order valence-corrected chi connectivity index (χ0v) is 26.7. The topological polar surface area (TPSA) is 90.0 Å². The van der Waals surface area contributed by atoms with Crippen LogP contribution in [0.1, 0.15) is 71.8 Å². The molecule has 0 atom stereocenters. The van der Waals surface area contributed by atoms with Crippen LogP contribution in [0.15, 0.2) is 74.4 Å². The minimum atomic E-state index is -4.15. The fourth-order valence-electron chi connectivity index (χ4n) is 6.34. The van der Waals surface area contributed by atoms with Crippen LogP contribution in [0.5, 0.6) is 11.5 Å². The number of hydrogen-bond donors (Lipinski definition) is 0. The Labute approximate surface area is 250 Å². The molecule has 0 saturated carbocycles. The van der Waals surface area contributed by atoms with Crippen molar-refractivity contribution in [2.45, 2.75) is 71.1 Å². The molecule has 1 heterocycles. The predicted octanol–water partition coefficient (Wildman–Crippen LogP) is 6.93. The van der Waals surface area contributed by atoms with Gasteiger partial charge in [-0.15, -0.1) is 0 Å². The number of Topliss-reactive ketones (excluding diaryl/α,β-unsaturated/α-hetero) is 2. The van der Waals surface area contributed by atoms with Gasteiger partial charge in [0.1, 0.15) is 4.90 Å². The maximum absolute atomic E-state index is 13.8. The summed E-state index contributed by atoms with van der Waals surface area (Å²) in [6.07, 6.45) is 2.19. The van der Waals surface area contributed by atoms with Gasteiger partial charge in [0.2, 0.25) is 0 Å². The minimum absolute atomic E-state index is 0.0167. The summed E-state index contributed by atoms with van der Waals surface area (Å²) in [5.41, 5.74) is 3.43. The quantitative estimate of drug-likeness (QED) is 0.316. The summed E-state index contributed by atoms with van der Waals surface area (Å²) >= 11 is 3.53. The van der Waals surface area contributed by atoms with Crippen LogP contribution in [-0.2, 0) is 19.7 Å². The highest BCUT2D eigenvalue weighted by Crippen LogP contribution is 2.55. The number of carbonyl (C=O) groups is 2. The van der Waals surface area contributed by atoms with Gasteiger partial charge in [-0.05, 0) is 76.4 Å². The Kier molecular flexibility index (Phi) is 7.52. The standard InChI is InChI=1S/C32H36BrNO6S/c1-7-39-26-14-19(13-21(33)30(26)40-41(37,38)20-11-9-8-10-12-20)27-28-22(15-31(2,3)17-24(28)35)34(6)23-16-32(4,5)18-25(36)29(23)27/h8-14,27H,7,15-18H2,1-6H3. The third kappa shape index (κ3) is 5.50. The molecule has 7 nitrogen and oxygen atoms in total. The van der Waals surface area contributed by atoms with E-state index in [9.17, 15) is 18.0 Å². The Balaban J connectivity index is 1.70. The van der Waals surface area contributed by atoms with Crippen LogP contribution in [-0.4, -0.2) is 38.5 Å². The van der Waals surface area contributed by atoms with Gasteiger partial charge in [-0.1, -0.05) is 45.9 Å². The molecule has 41 heavy (non-hydrogen) atoms.